The van der Waals surface area contributed by atoms with Crippen LogP contribution in [0.4, 0.5) is 0 Å². The van der Waals surface area contributed by atoms with Crippen LogP contribution in [0.2, 0.25) is 0 Å². The highest BCUT2D eigenvalue weighted by Crippen LogP contribution is 2.04. The van der Waals surface area contributed by atoms with E-state index < -0.39 is 0 Å². The Hall–Kier alpha value is -0.860. The average molecular weight is 172 g/mol. The average Bonchev–Trinajstić information content (AvgIpc) is 2.04. The lowest BCUT2D eigenvalue weighted by Gasteiger charge is -2.07. The summed E-state index contributed by atoms with van der Waals surface area (Å²) in [7, 11) is 0. The third-order valence-corrected chi connectivity index (χ3v) is 1.75. The lowest BCUT2D eigenvalue weighted by Crippen LogP contribution is -2.07. The Labute approximate surface area is 73.1 Å². The van der Waals surface area contributed by atoms with Gasteiger partial charge >= 0.3 is 0 Å². The minimum Gasteiger partial charge on any atom is -0.465 e. The topological polar surface area (TPSA) is 43.4 Å². The predicted octanol–water partition coefficient (Wildman–Crippen LogP) is 1.70. The van der Waals surface area contributed by atoms with Crippen molar-refractivity contribution < 1.29 is 14.3 Å². The maximum Gasteiger partial charge on any atom is 0.293 e. The molecule has 3 heteroatoms. The van der Waals surface area contributed by atoms with Gasteiger partial charge in [-0.05, 0) is 19.8 Å². The summed E-state index contributed by atoms with van der Waals surface area (Å²) in [5, 5.41) is 0. The molecule has 0 radical (unpaired) electrons. The highest BCUT2D eigenvalue weighted by atomic mass is 16.5. The van der Waals surface area contributed by atoms with E-state index in [-0.39, 0.29) is 11.9 Å². The van der Waals surface area contributed by atoms with Crippen LogP contribution < -0.4 is 0 Å². The van der Waals surface area contributed by atoms with E-state index in [1.165, 1.54) is 0 Å². The number of Topliss-reactive ketones (excluding diaryl/α,β-unsaturated/α-hetero) is 1. The SMILES string of the molecule is CCC(=O)CCC[C@H](C)OC=O. The molecule has 1 atom stereocenters. The van der Waals surface area contributed by atoms with Crippen LogP contribution >= 0.6 is 0 Å². The summed E-state index contributed by atoms with van der Waals surface area (Å²) in [6, 6.07) is 0. The lowest BCUT2D eigenvalue weighted by atomic mass is 10.1. The van der Waals surface area contributed by atoms with Gasteiger partial charge in [0.2, 0.25) is 0 Å². The van der Waals surface area contributed by atoms with Gasteiger partial charge in [0.1, 0.15) is 5.78 Å². The Morgan fingerprint density at radius 3 is 2.75 bits per heavy atom. The summed E-state index contributed by atoms with van der Waals surface area (Å²) in [6.45, 7) is 4.13. The normalized spacial score (nSPS) is 12.2. The van der Waals surface area contributed by atoms with Gasteiger partial charge in [-0.2, -0.15) is 0 Å². The molecule has 0 aliphatic heterocycles. The third-order valence-electron chi connectivity index (χ3n) is 1.75. The van der Waals surface area contributed by atoms with Crippen molar-refractivity contribution in [3.05, 3.63) is 0 Å². The summed E-state index contributed by atoms with van der Waals surface area (Å²) in [4.78, 5) is 20.7. The molecule has 0 aliphatic carbocycles. The standard InChI is InChI=1S/C9H16O3/c1-3-9(11)6-4-5-8(2)12-7-10/h7-8H,3-6H2,1-2H3/t8-/m0/s1. The molecular formula is C9H16O3. The van der Waals surface area contributed by atoms with Crippen molar-refractivity contribution in [3.63, 3.8) is 0 Å². The van der Waals surface area contributed by atoms with Crippen molar-refractivity contribution in [2.24, 2.45) is 0 Å². The van der Waals surface area contributed by atoms with Crippen molar-refractivity contribution in [1.82, 2.24) is 0 Å². The molecule has 0 unspecified atom stereocenters. The van der Waals surface area contributed by atoms with E-state index in [4.69, 9.17) is 0 Å². The van der Waals surface area contributed by atoms with E-state index in [0.29, 0.717) is 19.3 Å². The van der Waals surface area contributed by atoms with Crippen LogP contribution in [0.15, 0.2) is 0 Å². The maximum atomic E-state index is 10.8. The third kappa shape index (κ3) is 5.89. The van der Waals surface area contributed by atoms with E-state index in [1.807, 2.05) is 13.8 Å². The van der Waals surface area contributed by atoms with Crippen molar-refractivity contribution in [2.75, 3.05) is 0 Å². The van der Waals surface area contributed by atoms with Gasteiger partial charge in [-0.3, -0.25) is 9.59 Å². The molecular weight excluding hydrogens is 156 g/mol. The van der Waals surface area contributed by atoms with Crippen LogP contribution in [0.25, 0.3) is 0 Å². The van der Waals surface area contributed by atoms with Gasteiger partial charge < -0.3 is 4.74 Å². The molecule has 0 aliphatic rings. The Bertz CT molecular complexity index is 143. The molecule has 0 heterocycles. The molecule has 0 saturated carbocycles. The monoisotopic (exact) mass is 172 g/mol. The van der Waals surface area contributed by atoms with Crippen molar-refractivity contribution in [2.45, 2.75) is 45.6 Å². The first-order valence-electron chi connectivity index (χ1n) is 4.31. The van der Waals surface area contributed by atoms with Gasteiger partial charge in [0, 0.05) is 12.8 Å². The zero-order valence-corrected chi connectivity index (χ0v) is 7.71. The molecule has 0 fully saturated rings. The summed E-state index contributed by atoms with van der Waals surface area (Å²) in [6.07, 6.45) is 2.71. The highest BCUT2D eigenvalue weighted by Gasteiger charge is 2.03. The molecule has 0 N–H and O–H groups in total. The fourth-order valence-corrected chi connectivity index (χ4v) is 0.926. The largest absolute Gasteiger partial charge is 0.465 e. The number of carbonyl (C=O) groups is 2. The zero-order valence-electron chi connectivity index (χ0n) is 7.71. The van der Waals surface area contributed by atoms with Crippen LogP contribution in [-0.2, 0) is 14.3 Å². The van der Waals surface area contributed by atoms with Crippen LogP contribution in [-0.4, -0.2) is 18.4 Å². The smallest absolute Gasteiger partial charge is 0.293 e. The van der Waals surface area contributed by atoms with E-state index >= 15 is 0 Å². The number of ether oxygens (including phenoxy) is 1. The minimum atomic E-state index is -0.0628. The van der Waals surface area contributed by atoms with Crippen LogP contribution in [0.1, 0.15) is 39.5 Å². The maximum absolute atomic E-state index is 10.8. The van der Waals surface area contributed by atoms with Crippen molar-refractivity contribution in [3.8, 4) is 0 Å². The number of rotatable bonds is 7. The zero-order chi connectivity index (χ0) is 9.40. The number of carbonyl (C=O) groups excluding carboxylic acids is 2. The number of hydrogen-bond donors (Lipinski definition) is 0. The van der Waals surface area contributed by atoms with Gasteiger partial charge in [0.05, 0.1) is 6.10 Å². The molecule has 0 spiro atoms. The van der Waals surface area contributed by atoms with Gasteiger partial charge in [-0.15, -0.1) is 0 Å². The molecule has 0 aromatic carbocycles. The van der Waals surface area contributed by atoms with Crippen molar-refractivity contribution in [1.29, 1.82) is 0 Å². The summed E-state index contributed by atoms with van der Waals surface area (Å²) in [5.74, 6) is 0.272. The van der Waals surface area contributed by atoms with Crippen LogP contribution in [0.3, 0.4) is 0 Å². The molecule has 12 heavy (non-hydrogen) atoms. The Kier molecular flexibility index (Phi) is 6.34. The summed E-state index contributed by atoms with van der Waals surface area (Å²) in [5.41, 5.74) is 0. The Morgan fingerprint density at radius 1 is 1.58 bits per heavy atom. The number of hydrogen-bond acceptors (Lipinski definition) is 3. The van der Waals surface area contributed by atoms with Crippen molar-refractivity contribution >= 4 is 12.3 Å². The first kappa shape index (κ1) is 11.1. The first-order chi connectivity index (χ1) is 5.70. The van der Waals surface area contributed by atoms with Gasteiger partial charge in [-0.25, -0.2) is 0 Å². The fourth-order valence-electron chi connectivity index (χ4n) is 0.926. The second kappa shape index (κ2) is 6.83. The van der Waals surface area contributed by atoms with E-state index in [2.05, 4.69) is 4.74 Å². The minimum absolute atomic E-state index is 0.0628. The second-order valence-electron chi connectivity index (χ2n) is 2.83. The summed E-state index contributed by atoms with van der Waals surface area (Å²) < 4.78 is 4.67. The molecule has 0 aromatic heterocycles. The molecule has 0 bridgehead atoms. The van der Waals surface area contributed by atoms with Gasteiger partial charge in [-0.1, -0.05) is 6.92 Å². The molecule has 70 valence electrons. The molecule has 3 nitrogen and oxygen atoms in total. The summed E-state index contributed by atoms with van der Waals surface area (Å²) >= 11 is 0. The molecule has 0 rings (SSSR count). The molecule has 0 amide bonds. The van der Waals surface area contributed by atoms with Crippen LogP contribution in [0.5, 0.6) is 0 Å². The highest BCUT2D eigenvalue weighted by molar-refractivity contribution is 5.77. The van der Waals surface area contributed by atoms with E-state index in [1.54, 1.807) is 0 Å². The van der Waals surface area contributed by atoms with Gasteiger partial charge in [0.25, 0.3) is 6.47 Å². The Balaban J connectivity index is 3.29. The van der Waals surface area contributed by atoms with Gasteiger partial charge in [0.15, 0.2) is 0 Å². The molecule has 0 saturated heterocycles. The lowest BCUT2D eigenvalue weighted by molar-refractivity contribution is -0.133. The second-order valence-corrected chi connectivity index (χ2v) is 2.83. The molecule has 0 aromatic rings. The quantitative estimate of drug-likeness (QED) is 0.549. The Morgan fingerprint density at radius 2 is 2.25 bits per heavy atom. The number of ketones is 1. The van der Waals surface area contributed by atoms with E-state index in [0.717, 1.165) is 12.8 Å². The van der Waals surface area contributed by atoms with Crippen LogP contribution in [0, 0.1) is 0 Å². The predicted molar refractivity (Wildman–Crippen MR) is 45.8 cm³/mol. The fraction of sp³-hybridized carbons (Fsp3) is 0.778. The first-order valence-corrected chi connectivity index (χ1v) is 4.31. The van der Waals surface area contributed by atoms with E-state index in [9.17, 15) is 9.59 Å².